The number of hydrogen-bond acceptors (Lipinski definition) is 1. The quantitative estimate of drug-likeness (QED) is 0.830. The maximum Gasteiger partial charge on any atom is 0.125 e. The van der Waals surface area contributed by atoms with Crippen molar-refractivity contribution in [3.8, 4) is 5.75 Å². The molecule has 0 aliphatic rings. The van der Waals surface area contributed by atoms with Crippen LogP contribution in [0.1, 0.15) is 25.5 Å². The van der Waals surface area contributed by atoms with Crippen LogP contribution >= 0.6 is 15.9 Å². The van der Waals surface area contributed by atoms with Gasteiger partial charge >= 0.3 is 0 Å². The maximum absolute atomic E-state index is 9.84. The van der Waals surface area contributed by atoms with Gasteiger partial charge in [-0.25, -0.2) is 0 Å². The number of aromatic hydroxyl groups is 1. The summed E-state index contributed by atoms with van der Waals surface area (Å²) in [6, 6.07) is 6.01. The molecule has 0 aliphatic heterocycles. The van der Waals surface area contributed by atoms with Gasteiger partial charge in [0.05, 0.1) is 10.1 Å². The average molecular weight is 268 g/mol. The second-order valence-corrected chi connectivity index (χ2v) is 4.80. The van der Waals surface area contributed by atoms with Gasteiger partial charge in [0.15, 0.2) is 0 Å². The highest BCUT2D eigenvalue weighted by Crippen LogP contribution is 2.36. The number of aryl methyl sites for hydroxylation is 1. The summed E-state index contributed by atoms with van der Waals surface area (Å²) in [7, 11) is 0. The van der Waals surface area contributed by atoms with Crippen molar-refractivity contribution in [2.45, 2.75) is 26.8 Å². The van der Waals surface area contributed by atoms with E-state index in [-0.39, 0.29) is 0 Å². The maximum atomic E-state index is 9.84. The fourth-order valence-electron chi connectivity index (χ4n) is 2.01. The Morgan fingerprint density at radius 1 is 1.33 bits per heavy atom. The molecule has 2 aromatic rings. The number of hydrogen-bond donors (Lipinski definition) is 1. The molecule has 0 spiro atoms. The average Bonchev–Trinajstić information content (AvgIpc) is 2.41. The van der Waals surface area contributed by atoms with Crippen LogP contribution in [0.5, 0.6) is 5.75 Å². The Kier molecular flexibility index (Phi) is 2.51. The molecule has 2 rings (SSSR count). The SMILES string of the molecule is Cc1c(Br)n(C(C)C)c2cccc(O)c12. The number of rotatable bonds is 1. The Hall–Kier alpha value is -0.960. The van der Waals surface area contributed by atoms with E-state index in [0.29, 0.717) is 11.8 Å². The molecule has 0 radical (unpaired) electrons. The van der Waals surface area contributed by atoms with Crippen LogP contribution in [0.3, 0.4) is 0 Å². The summed E-state index contributed by atoms with van der Waals surface area (Å²) in [5, 5.41) is 10.8. The molecule has 0 saturated carbocycles. The Morgan fingerprint density at radius 2 is 2.00 bits per heavy atom. The summed E-state index contributed by atoms with van der Waals surface area (Å²) in [6.45, 7) is 6.28. The van der Waals surface area contributed by atoms with Gasteiger partial charge in [-0.3, -0.25) is 0 Å². The van der Waals surface area contributed by atoms with Crippen LogP contribution < -0.4 is 0 Å². The van der Waals surface area contributed by atoms with Crippen molar-refractivity contribution in [2.24, 2.45) is 0 Å². The van der Waals surface area contributed by atoms with Crippen LogP contribution in [0, 0.1) is 6.92 Å². The number of nitrogens with zero attached hydrogens (tertiary/aromatic N) is 1. The molecule has 1 heterocycles. The number of halogens is 1. The van der Waals surface area contributed by atoms with Gasteiger partial charge in [0.25, 0.3) is 0 Å². The van der Waals surface area contributed by atoms with E-state index in [1.807, 2.05) is 19.1 Å². The zero-order chi connectivity index (χ0) is 11.2. The lowest BCUT2D eigenvalue weighted by Crippen LogP contribution is -2.00. The van der Waals surface area contributed by atoms with Crippen LogP contribution in [-0.4, -0.2) is 9.67 Å². The van der Waals surface area contributed by atoms with Crippen molar-refractivity contribution >= 4 is 26.8 Å². The molecule has 0 amide bonds. The Labute approximate surface area is 97.7 Å². The minimum Gasteiger partial charge on any atom is -0.507 e. The predicted octanol–water partition coefficient (Wildman–Crippen LogP) is 4.00. The van der Waals surface area contributed by atoms with E-state index < -0.39 is 0 Å². The summed E-state index contributed by atoms with van der Waals surface area (Å²) >= 11 is 3.58. The van der Waals surface area contributed by atoms with Gasteiger partial charge in [-0.15, -0.1) is 0 Å². The van der Waals surface area contributed by atoms with E-state index >= 15 is 0 Å². The number of fused-ring (bicyclic) bond motifs is 1. The van der Waals surface area contributed by atoms with Crippen molar-refractivity contribution in [1.82, 2.24) is 4.57 Å². The van der Waals surface area contributed by atoms with Gasteiger partial charge in [0, 0.05) is 11.4 Å². The van der Waals surface area contributed by atoms with Crippen LogP contribution in [0.2, 0.25) is 0 Å². The first-order chi connectivity index (χ1) is 7.04. The van der Waals surface area contributed by atoms with Crippen molar-refractivity contribution in [3.63, 3.8) is 0 Å². The third kappa shape index (κ3) is 1.46. The minimum absolute atomic E-state index is 0.352. The van der Waals surface area contributed by atoms with Gasteiger partial charge in [-0.2, -0.15) is 0 Å². The monoisotopic (exact) mass is 267 g/mol. The topological polar surface area (TPSA) is 25.2 Å². The first-order valence-corrected chi connectivity index (χ1v) is 5.81. The molecule has 2 nitrogen and oxygen atoms in total. The van der Waals surface area contributed by atoms with Gasteiger partial charge < -0.3 is 9.67 Å². The molecule has 15 heavy (non-hydrogen) atoms. The molecule has 80 valence electrons. The van der Waals surface area contributed by atoms with Gasteiger partial charge in [0.2, 0.25) is 0 Å². The molecule has 1 aromatic heterocycles. The molecule has 1 aromatic carbocycles. The molecule has 0 bridgehead atoms. The minimum atomic E-state index is 0.352. The highest BCUT2D eigenvalue weighted by Gasteiger charge is 2.16. The van der Waals surface area contributed by atoms with Crippen molar-refractivity contribution in [2.75, 3.05) is 0 Å². The van der Waals surface area contributed by atoms with Crippen LogP contribution in [0.4, 0.5) is 0 Å². The Morgan fingerprint density at radius 3 is 2.60 bits per heavy atom. The largest absolute Gasteiger partial charge is 0.507 e. The van der Waals surface area contributed by atoms with E-state index in [1.165, 1.54) is 0 Å². The molecule has 0 saturated heterocycles. The number of aromatic nitrogens is 1. The summed E-state index contributed by atoms with van der Waals surface area (Å²) in [4.78, 5) is 0. The third-order valence-electron chi connectivity index (χ3n) is 2.69. The zero-order valence-corrected chi connectivity index (χ0v) is 10.7. The number of benzene rings is 1. The summed E-state index contributed by atoms with van der Waals surface area (Å²) in [5.41, 5.74) is 2.17. The van der Waals surface area contributed by atoms with Crippen molar-refractivity contribution < 1.29 is 5.11 Å². The molecular weight excluding hydrogens is 254 g/mol. The van der Waals surface area contributed by atoms with Crippen molar-refractivity contribution in [3.05, 3.63) is 28.4 Å². The fraction of sp³-hybridized carbons (Fsp3) is 0.333. The number of phenolic OH excluding ortho intramolecular Hbond substituents is 1. The second-order valence-electron chi connectivity index (χ2n) is 4.05. The summed E-state index contributed by atoms with van der Waals surface area (Å²) in [6.07, 6.45) is 0. The van der Waals surface area contributed by atoms with Crippen LogP contribution in [-0.2, 0) is 0 Å². The van der Waals surface area contributed by atoms with Crippen LogP contribution in [0.15, 0.2) is 22.8 Å². The van der Waals surface area contributed by atoms with E-state index in [4.69, 9.17) is 0 Å². The van der Waals surface area contributed by atoms with Gasteiger partial charge in [-0.05, 0) is 54.4 Å². The van der Waals surface area contributed by atoms with Crippen LogP contribution in [0.25, 0.3) is 10.9 Å². The lowest BCUT2D eigenvalue weighted by atomic mass is 10.2. The highest BCUT2D eigenvalue weighted by molar-refractivity contribution is 9.10. The Balaban J connectivity index is 2.94. The molecule has 0 fully saturated rings. The van der Waals surface area contributed by atoms with E-state index in [0.717, 1.165) is 21.1 Å². The van der Waals surface area contributed by atoms with E-state index in [2.05, 4.69) is 34.3 Å². The number of phenols is 1. The Bertz CT molecular complexity index is 514. The van der Waals surface area contributed by atoms with Gasteiger partial charge in [0.1, 0.15) is 5.75 Å². The van der Waals surface area contributed by atoms with E-state index in [1.54, 1.807) is 6.07 Å². The first-order valence-electron chi connectivity index (χ1n) is 5.02. The molecule has 0 unspecified atom stereocenters. The highest BCUT2D eigenvalue weighted by atomic mass is 79.9. The summed E-state index contributed by atoms with van der Waals surface area (Å²) < 4.78 is 3.23. The van der Waals surface area contributed by atoms with E-state index in [9.17, 15) is 5.11 Å². The lowest BCUT2D eigenvalue weighted by molar-refractivity contribution is 0.481. The second kappa shape index (κ2) is 3.56. The molecular formula is C12H14BrNO. The molecule has 0 aliphatic carbocycles. The van der Waals surface area contributed by atoms with Gasteiger partial charge in [-0.1, -0.05) is 6.07 Å². The first kappa shape index (κ1) is 10.6. The molecule has 0 atom stereocenters. The smallest absolute Gasteiger partial charge is 0.125 e. The summed E-state index contributed by atoms with van der Waals surface area (Å²) in [5.74, 6) is 0.352. The zero-order valence-electron chi connectivity index (χ0n) is 9.08. The van der Waals surface area contributed by atoms with Crippen molar-refractivity contribution in [1.29, 1.82) is 0 Å². The molecule has 3 heteroatoms. The molecule has 1 N–H and O–H groups in total. The predicted molar refractivity (Wildman–Crippen MR) is 66.4 cm³/mol. The standard InChI is InChI=1S/C12H14BrNO/c1-7(2)14-9-5-4-6-10(15)11(9)8(3)12(14)13/h4-7,15H,1-3H3. The normalized spacial score (nSPS) is 11.5. The third-order valence-corrected chi connectivity index (χ3v) is 3.67. The fourth-order valence-corrected chi connectivity index (χ4v) is 2.81. The lowest BCUT2D eigenvalue weighted by Gasteiger charge is -2.11.